The van der Waals surface area contributed by atoms with E-state index in [1.165, 1.54) is 32.8 Å². The van der Waals surface area contributed by atoms with Gasteiger partial charge in [-0.1, -0.05) is 0 Å². The zero-order valence-corrected chi connectivity index (χ0v) is 23.4. The number of rotatable bonds is 7. The number of amides is 1. The van der Waals surface area contributed by atoms with Crippen LogP contribution in [0.25, 0.3) is 0 Å². The molecule has 0 bridgehead atoms. The maximum Gasteiger partial charge on any atom is 0.410 e. The molecule has 4 rings (SSSR count). The van der Waals surface area contributed by atoms with Gasteiger partial charge >= 0.3 is 18.0 Å². The molecule has 4 atom stereocenters. The van der Waals surface area contributed by atoms with Crippen LogP contribution >= 0.6 is 0 Å². The van der Waals surface area contributed by atoms with E-state index in [9.17, 15) is 14.4 Å². The third-order valence-corrected chi connectivity index (χ3v) is 8.00. The topological polar surface area (TPSA) is 94.6 Å². The zero-order chi connectivity index (χ0) is 27.4. The predicted molar refractivity (Wildman–Crippen MR) is 141 cm³/mol. The Kier molecular flexibility index (Phi) is 8.85. The second-order valence-electron chi connectivity index (χ2n) is 11.7. The van der Waals surface area contributed by atoms with Gasteiger partial charge in [-0.15, -0.1) is 0 Å². The van der Waals surface area contributed by atoms with Crippen LogP contribution in [0.1, 0.15) is 76.1 Å². The fraction of sp³-hybridized carbons (Fsp3) is 0.690. The summed E-state index contributed by atoms with van der Waals surface area (Å²) in [7, 11) is 2.78. The Morgan fingerprint density at radius 3 is 2.47 bits per heavy atom. The van der Waals surface area contributed by atoms with Gasteiger partial charge in [0, 0.05) is 31.1 Å². The Hall–Kier alpha value is -2.81. The fourth-order valence-corrected chi connectivity index (χ4v) is 6.52. The van der Waals surface area contributed by atoms with E-state index in [4.69, 9.17) is 18.9 Å². The van der Waals surface area contributed by atoms with Crippen LogP contribution in [-0.2, 0) is 14.3 Å². The Balaban J connectivity index is 1.45. The average Bonchev–Trinajstić information content (AvgIpc) is 2.88. The van der Waals surface area contributed by atoms with E-state index in [-0.39, 0.29) is 29.9 Å². The highest BCUT2D eigenvalue weighted by Gasteiger charge is 2.50. The van der Waals surface area contributed by atoms with Crippen molar-refractivity contribution in [3.8, 4) is 11.5 Å². The molecule has 3 saturated heterocycles. The number of piperidine rings is 3. The molecule has 4 unspecified atom stereocenters. The van der Waals surface area contributed by atoms with Gasteiger partial charge in [0.25, 0.3) is 0 Å². The summed E-state index contributed by atoms with van der Waals surface area (Å²) in [6, 6.07) is 5.15. The van der Waals surface area contributed by atoms with Crippen molar-refractivity contribution in [3.05, 3.63) is 23.8 Å². The minimum Gasteiger partial charge on any atom is -0.497 e. The molecule has 3 aliphatic heterocycles. The van der Waals surface area contributed by atoms with Gasteiger partial charge in [0.1, 0.15) is 22.7 Å². The van der Waals surface area contributed by atoms with Crippen molar-refractivity contribution in [1.29, 1.82) is 0 Å². The molecule has 1 amide bonds. The smallest absolute Gasteiger partial charge is 0.410 e. The van der Waals surface area contributed by atoms with E-state index in [0.717, 1.165) is 32.4 Å². The summed E-state index contributed by atoms with van der Waals surface area (Å²) in [5, 5.41) is 0. The van der Waals surface area contributed by atoms with E-state index in [0.29, 0.717) is 43.0 Å². The highest BCUT2D eigenvalue weighted by molar-refractivity contribution is 5.93. The van der Waals surface area contributed by atoms with Crippen molar-refractivity contribution in [2.75, 3.05) is 33.9 Å². The third-order valence-electron chi connectivity index (χ3n) is 8.00. The Morgan fingerprint density at radius 1 is 1.05 bits per heavy atom. The van der Waals surface area contributed by atoms with E-state index in [2.05, 4.69) is 4.90 Å². The lowest BCUT2D eigenvalue weighted by Gasteiger charge is -2.57. The van der Waals surface area contributed by atoms with Gasteiger partial charge in [-0.05, 0) is 96.4 Å². The van der Waals surface area contributed by atoms with Crippen LogP contribution in [-0.4, -0.2) is 79.4 Å². The van der Waals surface area contributed by atoms with Crippen LogP contribution in [0.15, 0.2) is 18.2 Å². The number of ether oxygens (including phenoxy) is 4. The van der Waals surface area contributed by atoms with Crippen LogP contribution in [0.3, 0.4) is 0 Å². The molecule has 0 aliphatic carbocycles. The van der Waals surface area contributed by atoms with E-state index in [1.807, 2.05) is 25.7 Å². The maximum atomic E-state index is 13.3. The molecular weight excluding hydrogens is 488 g/mol. The number of nitrogens with zero attached hydrogens (tertiary/aromatic N) is 2. The lowest BCUT2D eigenvalue weighted by Crippen LogP contribution is -2.65. The number of likely N-dealkylation sites (tertiary alicyclic amines) is 1. The molecule has 1 aromatic carbocycles. The molecule has 0 spiro atoms. The minimum atomic E-state index is -0.588. The van der Waals surface area contributed by atoms with Crippen molar-refractivity contribution in [2.45, 2.75) is 83.4 Å². The molecule has 38 heavy (non-hydrogen) atoms. The maximum absolute atomic E-state index is 13.3. The number of carbonyl (C=O) groups is 3. The van der Waals surface area contributed by atoms with Crippen molar-refractivity contribution in [3.63, 3.8) is 0 Å². The van der Waals surface area contributed by atoms with Crippen molar-refractivity contribution < 1.29 is 33.3 Å². The highest BCUT2D eigenvalue weighted by atomic mass is 16.6. The number of benzene rings is 1. The van der Waals surface area contributed by atoms with Gasteiger partial charge in [-0.25, -0.2) is 9.59 Å². The second-order valence-corrected chi connectivity index (χ2v) is 11.7. The van der Waals surface area contributed by atoms with Gasteiger partial charge < -0.3 is 23.8 Å². The largest absolute Gasteiger partial charge is 0.497 e. The normalized spacial score (nSPS) is 25.2. The Bertz CT molecular complexity index is 1020. The van der Waals surface area contributed by atoms with E-state index < -0.39 is 17.5 Å². The van der Waals surface area contributed by atoms with E-state index >= 15 is 0 Å². The average molecular weight is 531 g/mol. The third kappa shape index (κ3) is 6.42. The van der Waals surface area contributed by atoms with Crippen LogP contribution in [0, 0.1) is 11.8 Å². The van der Waals surface area contributed by atoms with Crippen molar-refractivity contribution in [1.82, 2.24) is 9.80 Å². The summed E-state index contributed by atoms with van der Waals surface area (Å²) >= 11 is 0. The monoisotopic (exact) mass is 530 g/mol. The summed E-state index contributed by atoms with van der Waals surface area (Å²) in [5.41, 5.74) is -0.405. The van der Waals surface area contributed by atoms with Gasteiger partial charge in [0.2, 0.25) is 0 Å². The van der Waals surface area contributed by atoms with Crippen LogP contribution in [0.2, 0.25) is 0 Å². The summed E-state index contributed by atoms with van der Waals surface area (Å²) in [4.78, 5) is 42.9. The van der Waals surface area contributed by atoms with Gasteiger partial charge in [0.15, 0.2) is 0 Å². The molecule has 3 aliphatic rings. The predicted octanol–water partition coefficient (Wildman–Crippen LogP) is 4.67. The number of hydrogen-bond acceptors (Lipinski definition) is 8. The molecular formula is C29H42N2O7. The van der Waals surface area contributed by atoms with Gasteiger partial charge in [-0.2, -0.15) is 0 Å². The summed E-state index contributed by atoms with van der Waals surface area (Å²) in [6.45, 7) is 8.65. The van der Waals surface area contributed by atoms with E-state index in [1.54, 1.807) is 6.07 Å². The van der Waals surface area contributed by atoms with Gasteiger partial charge in [0.05, 0.1) is 14.2 Å². The summed E-state index contributed by atoms with van der Waals surface area (Å²) < 4.78 is 21.4. The fourth-order valence-electron chi connectivity index (χ4n) is 6.52. The van der Waals surface area contributed by atoms with Gasteiger partial charge in [-0.3, -0.25) is 9.69 Å². The molecule has 210 valence electrons. The molecule has 3 fully saturated rings. The molecule has 0 N–H and O–H groups in total. The molecule has 1 aromatic rings. The quantitative estimate of drug-likeness (QED) is 0.371. The Morgan fingerprint density at radius 2 is 1.79 bits per heavy atom. The van der Waals surface area contributed by atoms with Crippen LogP contribution in [0.4, 0.5) is 4.79 Å². The molecule has 9 heteroatoms. The highest BCUT2D eigenvalue weighted by Crippen LogP contribution is 2.43. The van der Waals surface area contributed by atoms with Crippen molar-refractivity contribution >= 4 is 18.0 Å². The van der Waals surface area contributed by atoms with Crippen LogP contribution in [0.5, 0.6) is 11.5 Å². The molecule has 3 heterocycles. The first kappa shape index (κ1) is 28.2. The second kappa shape index (κ2) is 11.9. The SMILES string of the molecule is COC(=O)c1ccc(OC)cc1OC(=O)CCCC1C2CCCN3CCCC(CN1C(=O)OC(C)(C)C)C23. The summed E-state index contributed by atoms with van der Waals surface area (Å²) in [6.07, 6.45) is 5.68. The molecule has 9 nitrogen and oxygen atoms in total. The molecule has 0 aromatic heterocycles. The molecule has 0 radical (unpaired) electrons. The first-order chi connectivity index (χ1) is 18.1. The Labute approximate surface area is 225 Å². The zero-order valence-electron chi connectivity index (χ0n) is 23.4. The van der Waals surface area contributed by atoms with Crippen molar-refractivity contribution in [2.24, 2.45) is 11.8 Å². The first-order valence-corrected chi connectivity index (χ1v) is 13.8. The standard InChI is InChI=1S/C29H42N2O7/c1-29(2,3)38-28(34)31-18-19-9-7-15-30-16-8-10-21(26(19)30)23(31)11-6-12-25(32)37-24-17-20(35-4)13-14-22(24)27(33)36-5/h13-14,17,19,21,23,26H,6-12,15-16,18H2,1-5H3. The first-order valence-electron chi connectivity index (χ1n) is 13.8. The number of hydrogen-bond donors (Lipinski definition) is 0. The van der Waals surface area contributed by atoms with Crippen LogP contribution < -0.4 is 9.47 Å². The lowest BCUT2D eigenvalue weighted by molar-refractivity contribution is -0.134. The number of esters is 2. The lowest BCUT2D eigenvalue weighted by atomic mass is 9.69. The summed E-state index contributed by atoms with van der Waals surface area (Å²) in [5.74, 6) is 0.392. The molecule has 0 saturated carbocycles. The number of methoxy groups -OCH3 is 2. The number of carbonyl (C=O) groups excluding carboxylic acids is 3. The minimum absolute atomic E-state index is 0.0160.